The summed E-state index contributed by atoms with van der Waals surface area (Å²) in [5, 5.41) is 14.8. The number of amides is 1. The molecule has 2 N–H and O–H groups in total. The number of nitrogens with zero attached hydrogens (tertiary/aromatic N) is 2. The zero-order chi connectivity index (χ0) is 22.0. The zero-order valence-corrected chi connectivity index (χ0v) is 17.9. The van der Waals surface area contributed by atoms with Crippen molar-refractivity contribution in [2.45, 2.75) is 53.0 Å². The normalized spacial score (nSPS) is 14.8. The Bertz CT molecular complexity index is 648. The van der Waals surface area contributed by atoms with E-state index in [1.807, 2.05) is 4.90 Å². The Kier molecular flexibility index (Phi) is 10.4. The number of carbonyl (C=O) groups is 3. The van der Waals surface area contributed by atoms with Crippen molar-refractivity contribution in [1.82, 2.24) is 9.80 Å². The Balaban J connectivity index is 0.000000612. The molecule has 1 aliphatic heterocycles. The zero-order valence-electron chi connectivity index (χ0n) is 17.9. The third-order valence-electron chi connectivity index (χ3n) is 5.25. The lowest BCUT2D eigenvalue weighted by Crippen LogP contribution is -2.42. The molecule has 1 fully saturated rings. The lowest BCUT2D eigenvalue weighted by atomic mass is 9.94. The second-order valence-corrected chi connectivity index (χ2v) is 7.57. The molecule has 0 aromatic heterocycles. The van der Waals surface area contributed by atoms with Crippen LogP contribution in [-0.2, 0) is 20.9 Å². The van der Waals surface area contributed by atoms with Crippen LogP contribution in [0.25, 0.3) is 0 Å². The fourth-order valence-corrected chi connectivity index (χ4v) is 3.40. The average Bonchev–Trinajstić information content (AvgIpc) is 2.70. The summed E-state index contributed by atoms with van der Waals surface area (Å²) in [5.41, 5.74) is 2.78. The third kappa shape index (κ3) is 8.23. The molecule has 0 radical (unpaired) electrons. The van der Waals surface area contributed by atoms with E-state index in [4.69, 9.17) is 19.8 Å². The van der Waals surface area contributed by atoms with E-state index in [9.17, 15) is 4.79 Å². The summed E-state index contributed by atoms with van der Waals surface area (Å²) in [5.74, 6) is -2.47. The number of aliphatic carboxylic acids is 2. The molecule has 1 aromatic carbocycles. The Morgan fingerprint density at radius 1 is 1.00 bits per heavy atom. The fourth-order valence-electron chi connectivity index (χ4n) is 3.40. The highest BCUT2D eigenvalue weighted by molar-refractivity contribution is 6.27. The SMILES string of the molecule is CCN(CC)C(=O)C1CCN(Cc2ccc(C(C)C)cc2)CC1.O=C(O)C(=O)O. The summed E-state index contributed by atoms with van der Waals surface area (Å²) in [7, 11) is 0. The quantitative estimate of drug-likeness (QED) is 0.705. The highest BCUT2D eigenvalue weighted by Gasteiger charge is 2.27. The minimum atomic E-state index is -1.82. The number of likely N-dealkylation sites (tertiary alicyclic amines) is 1. The Morgan fingerprint density at radius 2 is 1.48 bits per heavy atom. The lowest BCUT2D eigenvalue weighted by Gasteiger charge is -2.33. The van der Waals surface area contributed by atoms with Crippen LogP contribution in [0.5, 0.6) is 0 Å². The van der Waals surface area contributed by atoms with Gasteiger partial charge in [-0.3, -0.25) is 9.69 Å². The van der Waals surface area contributed by atoms with Crippen molar-refractivity contribution in [3.05, 3.63) is 35.4 Å². The largest absolute Gasteiger partial charge is 0.473 e. The van der Waals surface area contributed by atoms with Crippen molar-refractivity contribution in [2.75, 3.05) is 26.2 Å². The first kappa shape index (κ1) is 24.6. The van der Waals surface area contributed by atoms with E-state index in [2.05, 4.69) is 56.9 Å². The molecule has 7 nitrogen and oxygen atoms in total. The molecule has 1 aliphatic rings. The third-order valence-corrected chi connectivity index (χ3v) is 5.25. The second-order valence-electron chi connectivity index (χ2n) is 7.57. The van der Waals surface area contributed by atoms with Gasteiger partial charge in [-0.05, 0) is 56.8 Å². The van der Waals surface area contributed by atoms with Crippen LogP contribution < -0.4 is 0 Å². The van der Waals surface area contributed by atoms with E-state index in [1.165, 1.54) is 11.1 Å². The van der Waals surface area contributed by atoms with Crippen LogP contribution >= 0.6 is 0 Å². The van der Waals surface area contributed by atoms with Crippen LogP contribution in [0.3, 0.4) is 0 Å². The topological polar surface area (TPSA) is 98.2 Å². The van der Waals surface area contributed by atoms with Crippen molar-refractivity contribution in [2.24, 2.45) is 5.92 Å². The molecule has 29 heavy (non-hydrogen) atoms. The van der Waals surface area contributed by atoms with Gasteiger partial charge in [-0.2, -0.15) is 0 Å². The molecule has 0 saturated carbocycles. The maximum atomic E-state index is 12.4. The summed E-state index contributed by atoms with van der Waals surface area (Å²) in [6, 6.07) is 9.00. The van der Waals surface area contributed by atoms with Gasteiger partial charge in [0.15, 0.2) is 0 Å². The van der Waals surface area contributed by atoms with E-state index >= 15 is 0 Å². The van der Waals surface area contributed by atoms with E-state index in [1.54, 1.807) is 0 Å². The highest BCUT2D eigenvalue weighted by atomic mass is 16.4. The minimum Gasteiger partial charge on any atom is -0.473 e. The number of carboxylic acid groups (broad SMARTS) is 2. The smallest absolute Gasteiger partial charge is 0.414 e. The van der Waals surface area contributed by atoms with E-state index in [-0.39, 0.29) is 5.92 Å². The molecular formula is C22H34N2O5. The number of benzene rings is 1. The predicted molar refractivity (Wildman–Crippen MR) is 112 cm³/mol. The molecule has 1 heterocycles. The Hall–Kier alpha value is -2.41. The van der Waals surface area contributed by atoms with Gasteiger partial charge in [0.05, 0.1) is 0 Å². The molecule has 1 saturated heterocycles. The molecule has 0 atom stereocenters. The lowest BCUT2D eigenvalue weighted by molar-refractivity contribution is -0.159. The molecule has 1 aromatic rings. The number of carboxylic acids is 2. The second kappa shape index (κ2) is 12.2. The maximum absolute atomic E-state index is 12.4. The van der Waals surface area contributed by atoms with Crippen LogP contribution in [0.1, 0.15) is 57.6 Å². The first-order chi connectivity index (χ1) is 13.7. The fraction of sp³-hybridized carbons (Fsp3) is 0.591. The summed E-state index contributed by atoms with van der Waals surface area (Å²) in [6.45, 7) is 13.3. The van der Waals surface area contributed by atoms with Gasteiger partial charge in [-0.1, -0.05) is 38.1 Å². The summed E-state index contributed by atoms with van der Waals surface area (Å²) in [6.07, 6.45) is 2.00. The Labute approximate surface area is 173 Å². The van der Waals surface area contributed by atoms with Crippen LogP contribution in [-0.4, -0.2) is 64.0 Å². The van der Waals surface area contributed by atoms with Gasteiger partial charge in [0.2, 0.25) is 5.91 Å². The van der Waals surface area contributed by atoms with E-state index in [0.717, 1.165) is 45.6 Å². The van der Waals surface area contributed by atoms with Crippen molar-refractivity contribution in [1.29, 1.82) is 0 Å². The van der Waals surface area contributed by atoms with Gasteiger partial charge >= 0.3 is 11.9 Å². The van der Waals surface area contributed by atoms with Crippen molar-refractivity contribution in [3.63, 3.8) is 0 Å². The standard InChI is InChI=1S/C20H32N2O.C2H2O4/c1-5-22(6-2)20(23)19-11-13-21(14-12-19)15-17-7-9-18(10-8-17)16(3)4;3-1(4)2(5)6/h7-10,16,19H,5-6,11-15H2,1-4H3;(H,3,4)(H,5,6). The molecule has 0 unspecified atom stereocenters. The van der Waals surface area contributed by atoms with Crippen molar-refractivity contribution in [3.8, 4) is 0 Å². The van der Waals surface area contributed by atoms with E-state index in [0.29, 0.717) is 11.8 Å². The van der Waals surface area contributed by atoms with E-state index < -0.39 is 11.9 Å². The molecule has 0 spiro atoms. The molecule has 162 valence electrons. The highest BCUT2D eigenvalue weighted by Crippen LogP contribution is 2.22. The van der Waals surface area contributed by atoms with Gasteiger partial charge in [0, 0.05) is 25.6 Å². The molecule has 7 heteroatoms. The van der Waals surface area contributed by atoms with Gasteiger partial charge in [-0.25, -0.2) is 9.59 Å². The van der Waals surface area contributed by atoms with Crippen molar-refractivity contribution < 1.29 is 24.6 Å². The number of piperidine rings is 1. The van der Waals surface area contributed by atoms with Crippen LogP contribution in [0.15, 0.2) is 24.3 Å². The predicted octanol–water partition coefficient (Wildman–Crippen LogP) is 3.05. The van der Waals surface area contributed by atoms with Crippen LogP contribution in [0.2, 0.25) is 0 Å². The summed E-state index contributed by atoms with van der Waals surface area (Å²) in [4.78, 5) is 35.1. The molecule has 2 rings (SSSR count). The first-order valence-corrected chi connectivity index (χ1v) is 10.3. The number of hydrogen-bond donors (Lipinski definition) is 2. The summed E-state index contributed by atoms with van der Waals surface area (Å²) >= 11 is 0. The van der Waals surface area contributed by atoms with Gasteiger partial charge in [-0.15, -0.1) is 0 Å². The maximum Gasteiger partial charge on any atom is 0.414 e. The minimum absolute atomic E-state index is 0.231. The van der Waals surface area contributed by atoms with Crippen LogP contribution in [0, 0.1) is 5.92 Å². The molecule has 0 aliphatic carbocycles. The monoisotopic (exact) mass is 406 g/mol. The number of rotatable bonds is 6. The van der Waals surface area contributed by atoms with Gasteiger partial charge in [0.25, 0.3) is 0 Å². The molecule has 1 amide bonds. The Morgan fingerprint density at radius 3 is 1.86 bits per heavy atom. The van der Waals surface area contributed by atoms with Crippen LogP contribution in [0.4, 0.5) is 0 Å². The molecule has 0 bridgehead atoms. The van der Waals surface area contributed by atoms with Crippen molar-refractivity contribution >= 4 is 17.8 Å². The first-order valence-electron chi connectivity index (χ1n) is 10.3. The van der Waals surface area contributed by atoms with Gasteiger partial charge < -0.3 is 15.1 Å². The molecular weight excluding hydrogens is 372 g/mol. The average molecular weight is 407 g/mol. The number of carbonyl (C=O) groups excluding carboxylic acids is 1. The number of hydrogen-bond acceptors (Lipinski definition) is 4. The summed E-state index contributed by atoms with van der Waals surface area (Å²) < 4.78 is 0. The van der Waals surface area contributed by atoms with Gasteiger partial charge in [0.1, 0.15) is 0 Å².